The molecule has 2 aromatic rings. The van der Waals surface area contributed by atoms with Crippen molar-refractivity contribution in [3.05, 3.63) is 40.4 Å². The van der Waals surface area contributed by atoms with E-state index in [0.29, 0.717) is 29.6 Å². The quantitative estimate of drug-likeness (QED) is 0.810. The number of carbonyl (C=O) groups excluding carboxylic acids is 2. The number of hydrogen-bond donors (Lipinski definition) is 1. The molecule has 1 aromatic carbocycles. The number of aryl methyl sites for hydroxylation is 1. The van der Waals surface area contributed by atoms with Gasteiger partial charge in [-0.2, -0.15) is 0 Å². The number of aromatic nitrogens is 2. The Balaban J connectivity index is 1.60. The van der Waals surface area contributed by atoms with Crippen molar-refractivity contribution in [3.63, 3.8) is 0 Å². The third-order valence-electron chi connectivity index (χ3n) is 6.68. The molecule has 2 N–H and O–H groups in total. The largest absolute Gasteiger partial charge is 0.374 e. The number of rotatable bonds is 4. The average molecular weight is 428 g/mol. The van der Waals surface area contributed by atoms with Gasteiger partial charge in [-0.1, -0.05) is 42.0 Å². The topological polar surface area (TPSA) is 92.4 Å². The van der Waals surface area contributed by atoms with E-state index in [1.165, 1.54) is 22.5 Å². The molecule has 0 aliphatic carbocycles. The van der Waals surface area contributed by atoms with Gasteiger partial charge in [0.2, 0.25) is 16.9 Å². The zero-order valence-electron chi connectivity index (χ0n) is 17.6. The van der Waals surface area contributed by atoms with Crippen molar-refractivity contribution in [2.75, 3.05) is 12.3 Å². The first-order chi connectivity index (χ1) is 14.4. The van der Waals surface area contributed by atoms with Crippen LogP contribution in [0.15, 0.2) is 24.3 Å². The van der Waals surface area contributed by atoms with Crippen LogP contribution >= 0.6 is 11.3 Å². The lowest BCUT2D eigenvalue weighted by Gasteiger charge is -2.45. The first-order valence-corrected chi connectivity index (χ1v) is 11.4. The maximum Gasteiger partial charge on any atom is 0.229 e. The summed E-state index contributed by atoms with van der Waals surface area (Å²) < 4.78 is 0. The number of hydrogen-bond acceptors (Lipinski definition) is 6. The number of nitrogens with two attached hydrogens (primary N) is 1. The maximum absolute atomic E-state index is 13.2. The number of carbonyl (C=O) groups is 2. The van der Waals surface area contributed by atoms with Crippen LogP contribution < -0.4 is 5.73 Å². The van der Waals surface area contributed by atoms with E-state index < -0.39 is 0 Å². The van der Waals surface area contributed by atoms with Crippen molar-refractivity contribution in [3.8, 4) is 0 Å². The monoisotopic (exact) mass is 427 g/mol. The highest BCUT2D eigenvalue weighted by molar-refractivity contribution is 7.15. The molecule has 0 spiro atoms. The standard InChI is InChI=1S/C22H29N5O2S/c1-15-7-3-4-8-16(15)14-27-19(28)10-6-5-9-17-22(27,2)11-12-26(17)20(29)13-18-24-25-21(23)30-18/h3-4,7-8,17H,5-6,9-14H2,1-2H3,(H2,23,25)/t17-,22-/m1/s1. The van der Waals surface area contributed by atoms with Crippen LogP contribution in [0.5, 0.6) is 0 Å². The van der Waals surface area contributed by atoms with Crippen molar-refractivity contribution in [2.24, 2.45) is 0 Å². The Bertz CT molecular complexity index is 945. The normalized spacial score (nSPS) is 24.5. The third-order valence-corrected chi connectivity index (χ3v) is 7.44. The summed E-state index contributed by atoms with van der Waals surface area (Å²) in [5.41, 5.74) is 7.66. The van der Waals surface area contributed by atoms with E-state index >= 15 is 0 Å². The SMILES string of the molecule is Cc1ccccc1CN1C(=O)CCCC[C@H]2N(C(=O)Cc3nnc(N)s3)CC[C@]21C. The number of amides is 2. The van der Waals surface area contributed by atoms with Crippen molar-refractivity contribution in [1.29, 1.82) is 0 Å². The van der Waals surface area contributed by atoms with Crippen LogP contribution in [0.3, 0.4) is 0 Å². The molecule has 30 heavy (non-hydrogen) atoms. The fourth-order valence-electron chi connectivity index (χ4n) is 4.91. The van der Waals surface area contributed by atoms with E-state index in [-0.39, 0.29) is 29.8 Å². The highest BCUT2D eigenvalue weighted by Crippen LogP contribution is 2.40. The van der Waals surface area contributed by atoms with Gasteiger partial charge >= 0.3 is 0 Å². The number of nitrogen functional groups attached to an aromatic ring is 1. The zero-order valence-corrected chi connectivity index (χ0v) is 18.5. The molecule has 1 aromatic heterocycles. The Kier molecular flexibility index (Phi) is 5.77. The van der Waals surface area contributed by atoms with Crippen LogP contribution in [0, 0.1) is 6.92 Å². The Morgan fingerprint density at radius 3 is 2.83 bits per heavy atom. The van der Waals surface area contributed by atoms with Gasteiger partial charge in [0.15, 0.2) is 0 Å². The molecule has 4 rings (SSSR count). The second-order valence-electron chi connectivity index (χ2n) is 8.57. The van der Waals surface area contributed by atoms with Crippen LogP contribution in [0.25, 0.3) is 0 Å². The second-order valence-corrected chi connectivity index (χ2v) is 9.67. The number of likely N-dealkylation sites (tertiary alicyclic amines) is 2. The van der Waals surface area contributed by atoms with Gasteiger partial charge in [-0.15, -0.1) is 10.2 Å². The molecule has 2 saturated heterocycles. The van der Waals surface area contributed by atoms with Gasteiger partial charge < -0.3 is 15.5 Å². The minimum atomic E-state index is -0.365. The second kappa shape index (κ2) is 8.34. The smallest absolute Gasteiger partial charge is 0.229 e. The first kappa shape index (κ1) is 20.8. The summed E-state index contributed by atoms with van der Waals surface area (Å²) >= 11 is 1.26. The van der Waals surface area contributed by atoms with Gasteiger partial charge in [0, 0.05) is 19.5 Å². The summed E-state index contributed by atoms with van der Waals surface area (Å²) in [6, 6.07) is 8.24. The molecule has 0 bridgehead atoms. The fourth-order valence-corrected chi connectivity index (χ4v) is 5.51. The predicted octanol–water partition coefficient (Wildman–Crippen LogP) is 2.93. The Morgan fingerprint density at radius 2 is 2.10 bits per heavy atom. The van der Waals surface area contributed by atoms with Crippen LogP contribution in [0.2, 0.25) is 0 Å². The summed E-state index contributed by atoms with van der Waals surface area (Å²) in [6.07, 6.45) is 4.32. The molecule has 2 aliphatic rings. The predicted molar refractivity (Wildman–Crippen MR) is 117 cm³/mol. The molecule has 2 atom stereocenters. The minimum absolute atomic E-state index is 0.0172. The Hall–Kier alpha value is -2.48. The van der Waals surface area contributed by atoms with E-state index in [1.54, 1.807) is 0 Å². The van der Waals surface area contributed by atoms with Crippen molar-refractivity contribution >= 4 is 28.3 Å². The molecule has 0 radical (unpaired) electrons. The lowest BCUT2D eigenvalue weighted by atomic mass is 9.84. The number of anilines is 1. The average Bonchev–Trinajstić information content (AvgIpc) is 3.26. The highest BCUT2D eigenvalue weighted by atomic mass is 32.1. The fraction of sp³-hybridized carbons (Fsp3) is 0.545. The van der Waals surface area contributed by atoms with Crippen LogP contribution in [0.1, 0.15) is 55.2 Å². The molecule has 2 fully saturated rings. The van der Waals surface area contributed by atoms with Crippen LogP contribution in [0.4, 0.5) is 5.13 Å². The number of benzene rings is 1. The van der Waals surface area contributed by atoms with Gasteiger partial charge in [0.25, 0.3) is 0 Å². The molecule has 2 aliphatic heterocycles. The van der Waals surface area contributed by atoms with E-state index in [4.69, 9.17) is 5.73 Å². The molecular weight excluding hydrogens is 398 g/mol. The van der Waals surface area contributed by atoms with Gasteiger partial charge in [-0.25, -0.2) is 0 Å². The van der Waals surface area contributed by atoms with E-state index in [2.05, 4.69) is 41.1 Å². The van der Waals surface area contributed by atoms with E-state index in [9.17, 15) is 9.59 Å². The summed E-state index contributed by atoms with van der Waals surface area (Å²) in [4.78, 5) is 30.4. The molecule has 0 unspecified atom stereocenters. The molecule has 2 amide bonds. The summed E-state index contributed by atoms with van der Waals surface area (Å²) in [5.74, 6) is 0.236. The summed E-state index contributed by atoms with van der Waals surface area (Å²) in [6.45, 7) is 5.50. The summed E-state index contributed by atoms with van der Waals surface area (Å²) in [7, 11) is 0. The van der Waals surface area contributed by atoms with E-state index in [0.717, 1.165) is 25.7 Å². The van der Waals surface area contributed by atoms with Crippen molar-refractivity contribution < 1.29 is 9.59 Å². The van der Waals surface area contributed by atoms with E-state index in [1.807, 2.05) is 17.0 Å². The summed E-state index contributed by atoms with van der Waals surface area (Å²) in [5, 5.41) is 8.85. The lowest BCUT2D eigenvalue weighted by molar-refractivity contribution is -0.143. The molecule has 0 saturated carbocycles. The molecule has 8 heteroatoms. The molecule has 3 heterocycles. The van der Waals surface area contributed by atoms with Crippen LogP contribution in [-0.4, -0.2) is 49.9 Å². The number of fused-ring (bicyclic) bond motifs is 1. The lowest BCUT2D eigenvalue weighted by Crippen LogP contribution is -2.58. The third kappa shape index (κ3) is 3.93. The van der Waals surface area contributed by atoms with Gasteiger partial charge in [-0.05, 0) is 44.2 Å². The van der Waals surface area contributed by atoms with Gasteiger partial charge in [0.1, 0.15) is 5.01 Å². The number of nitrogens with zero attached hydrogens (tertiary/aromatic N) is 4. The first-order valence-electron chi connectivity index (χ1n) is 10.6. The van der Waals surface area contributed by atoms with Gasteiger partial charge in [0.05, 0.1) is 18.0 Å². The van der Waals surface area contributed by atoms with Gasteiger partial charge in [-0.3, -0.25) is 9.59 Å². The molecule has 7 nitrogen and oxygen atoms in total. The van der Waals surface area contributed by atoms with Crippen molar-refractivity contribution in [1.82, 2.24) is 20.0 Å². The molecular formula is C22H29N5O2S. The Labute approximate surface area is 181 Å². The zero-order chi connectivity index (χ0) is 21.3. The maximum atomic E-state index is 13.2. The molecule has 160 valence electrons. The Morgan fingerprint density at radius 1 is 1.30 bits per heavy atom. The highest BCUT2D eigenvalue weighted by Gasteiger charge is 2.51. The minimum Gasteiger partial charge on any atom is -0.374 e. The van der Waals surface area contributed by atoms with Crippen molar-refractivity contribution in [2.45, 2.75) is 70.5 Å². The van der Waals surface area contributed by atoms with Crippen LogP contribution in [-0.2, 0) is 22.6 Å².